The van der Waals surface area contributed by atoms with Crippen LogP contribution in [0.3, 0.4) is 0 Å². The van der Waals surface area contributed by atoms with E-state index in [0.717, 1.165) is 25.7 Å². The topological polar surface area (TPSA) is 75.6 Å². The summed E-state index contributed by atoms with van der Waals surface area (Å²) in [5.74, 6) is -1.54. The van der Waals surface area contributed by atoms with Gasteiger partial charge in [-0.2, -0.15) is 0 Å². The summed E-state index contributed by atoms with van der Waals surface area (Å²) in [7, 11) is 0. The van der Waals surface area contributed by atoms with Gasteiger partial charge in [-0.3, -0.25) is 9.59 Å². The van der Waals surface area contributed by atoms with E-state index in [9.17, 15) is 14.7 Å². The van der Waals surface area contributed by atoms with E-state index in [2.05, 4.69) is 12.2 Å². The molecule has 1 rings (SSSR count). The number of carboxylic acids is 1. The smallest absolute Gasteiger partial charge is 0.308 e. The quantitative estimate of drug-likeness (QED) is 0.694. The van der Waals surface area contributed by atoms with E-state index in [1.165, 1.54) is 0 Å². The third-order valence-electron chi connectivity index (χ3n) is 3.81. The van der Waals surface area contributed by atoms with Crippen molar-refractivity contribution in [3.05, 3.63) is 0 Å². The summed E-state index contributed by atoms with van der Waals surface area (Å²) in [4.78, 5) is 23.1. The van der Waals surface area contributed by atoms with Gasteiger partial charge in [-0.1, -0.05) is 26.2 Å². The molecule has 0 spiro atoms. The van der Waals surface area contributed by atoms with Crippen LogP contribution in [-0.4, -0.2) is 35.7 Å². The molecule has 2 unspecified atom stereocenters. The molecular weight excluding hydrogens is 246 g/mol. The van der Waals surface area contributed by atoms with E-state index in [0.29, 0.717) is 19.4 Å². The fourth-order valence-electron chi connectivity index (χ4n) is 2.64. The lowest BCUT2D eigenvalue weighted by Gasteiger charge is -2.39. The third kappa shape index (κ3) is 4.82. The number of nitrogens with one attached hydrogen (secondary N) is 1. The number of hydrogen-bond donors (Lipinski definition) is 2. The number of hydrogen-bond acceptors (Lipinski definition) is 3. The first kappa shape index (κ1) is 16.0. The first-order valence-electron chi connectivity index (χ1n) is 7.11. The number of ether oxygens (including phenoxy) is 1. The number of rotatable bonds is 7. The van der Waals surface area contributed by atoms with Gasteiger partial charge in [0.2, 0.25) is 5.91 Å². The Kier molecular flexibility index (Phi) is 6.28. The molecule has 5 heteroatoms. The lowest BCUT2D eigenvalue weighted by atomic mass is 9.74. The molecule has 1 fully saturated rings. The summed E-state index contributed by atoms with van der Waals surface area (Å²) in [6.07, 6.45) is 5.17. The summed E-state index contributed by atoms with van der Waals surface area (Å²) in [6, 6.07) is 0. The normalized spacial score (nSPS) is 26.9. The van der Waals surface area contributed by atoms with Crippen molar-refractivity contribution in [2.24, 2.45) is 5.92 Å². The third-order valence-corrected chi connectivity index (χ3v) is 3.81. The summed E-state index contributed by atoms with van der Waals surface area (Å²) < 4.78 is 5.26. The summed E-state index contributed by atoms with van der Waals surface area (Å²) in [5, 5.41) is 12.1. The van der Waals surface area contributed by atoms with E-state index in [4.69, 9.17) is 4.74 Å². The minimum Gasteiger partial charge on any atom is -0.481 e. The maximum atomic E-state index is 11.8. The van der Waals surface area contributed by atoms with Crippen molar-refractivity contribution in [1.29, 1.82) is 0 Å². The molecule has 1 aliphatic rings. The number of carboxylic acid groups (broad SMARTS) is 1. The maximum Gasteiger partial charge on any atom is 0.308 e. The second-order valence-electron chi connectivity index (χ2n) is 5.51. The molecular formula is C14H25NO4. The van der Waals surface area contributed by atoms with E-state index in [1.54, 1.807) is 0 Å². The molecule has 1 amide bonds. The second-order valence-corrected chi connectivity index (χ2v) is 5.51. The molecule has 0 aromatic rings. The molecule has 110 valence electrons. The molecule has 0 heterocycles. The van der Waals surface area contributed by atoms with Gasteiger partial charge < -0.3 is 15.2 Å². The molecule has 19 heavy (non-hydrogen) atoms. The standard InChI is InChI=1S/C14H25NO4/c1-3-4-9-19-10-12(16)15-14(2)8-6-5-7-11(14)13(17)18/h11H,3-10H2,1-2H3,(H,15,16)(H,17,18). The Labute approximate surface area is 114 Å². The lowest BCUT2D eigenvalue weighted by molar-refractivity contribution is -0.147. The van der Waals surface area contributed by atoms with Crippen LogP contribution in [-0.2, 0) is 14.3 Å². The highest BCUT2D eigenvalue weighted by Crippen LogP contribution is 2.33. The van der Waals surface area contributed by atoms with Crippen molar-refractivity contribution in [3.63, 3.8) is 0 Å². The lowest BCUT2D eigenvalue weighted by Crippen LogP contribution is -2.56. The van der Waals surface area contributed by atoms with Crippen LogP contribution in [0, 0.1) is 5.92 Å². The fraction of sp³-hybridized carbons (Fsp3) is 0.857. The van der Waals surface area contributed by atoms with Crippen molar-refractivity contribution in [3.8, 4) is 0 Å². The Morgan fingerprint density at radius 1 is 1.42 bits per heavy atom. The van der Waals surface area contributed by atoms with Gasteiger partial charge in [0.25, 0.3) is 0 Å². The summed E-state index contributed by atoms with van der Waals surface area (Å²) in [5.41, 5.74) is -0.644. The van der Waals surface area contributed by atoms with Crippen LogP contribution < -0.4 is 5.32 Å². The Morgan fingerprint density at radius 2 is 2.16 bits per heavy atom. The summed E-state index contributed by atoms with van der Waals surface area (Å²) in [6.45, 7) is 4.48. The number of amides is 1. The summed E-state index contributed by atoms with van der Waals surface area (Å²) >= 11 is 0. The largest absolute Gasteiger partial charge is 0.481 e. The molecule has 2 atom stereocenters. The minimum absolute atomic E-state index is 0.0158. The molecule has 0 radical (unpaired) electrons. The highest BCUT2D eigenvalue weighted by Gasteiger charge is 2.42. The molecule has 0 aliphatic heterocycles. The Hall–Kier alpha value is -1.10. The van der Waals surface area contributed by atoms with Crippen LogP contribution in [0.2, 0.25) is 0 Å². The van der Waals surface area contributed by atoms with Gasteiger partial charge in [0.1, 0.15) is 6.61 Å². The van der Waals surface area contributed by atoms with Crippen LogP contribution >= 0.6 is 0 Å². The molecule has 2 N–H and O–H groups in total. The zero-order valence-corrected chi connectivity index (χ0v) is 11.9. The van der Waals surface area contributed by atoms with Crippen molar-refractivity contribution < 1.29 is 19.4 Å². The van der Waals surface area contributed by atoms with Crippen molar-refractivity contribution in [2.45, 2.75) is 57.9 Å². The number of carbonyl (C=O) groups is 2. The van der Waals surface area contributed by atoms with Gasteiger partial charge in [0, 0.05) is 6.61 Å². The molecule has 0 bridgehead atoms. The van der Waals surface area contributed by atoms with Crippen molar-refractivity contribution >= 4 is 11.9 Å². The SMILES string of the molecule is CCCCOCC(=O)NC1(C)CCCCC1C(=O)O. The molecule has 1 aliphatic carbocycles. The Morgan fingerprint density at radius 3 is 2.79 bits per heavy atom. The van der Waals surface area contributed by atoms with Gasteiger partial charge in [-0.15, -0.1) is 0 Å². The Bertz CT molecular complexity index is 319. The average molecular weight is 271 g/mol. The van der Waals surface area contributed by atoms with Gasteiger partial charge in [-0.05, 0) is 26.2 Å². The van der Waals surface area contributed by atoms with Gasteiger partial charge in [0.15, 0.2) is 0 Å². The molecule has 0 saturated heterocycles. The monoisotopic (exact) mass is 271 g/mol. The maximum absolute atomic E-state index is 11.8. The molecule has 0 aromatic heterocycles. The van der Waals surface area contributed by atoms with E-state index >= 15 is 0 Å². The van der Waals surface area contributed by atoms with E-state index < -0.39 is 17.4 Å². The zero-order valence-electron chi connectivity index (χ0n) is 11.9. The number of aliphatic carboxylic acids is 1. The first-order chi connectivity index (χ1) is 8.99. The fourth-order valence-corrected chi connectivity index (χ4v) is 2.64. The average Bonchev–Trinajstić information content (AvgIpc) is 2.34. The highest BCUT2D eigenvalue weighted by atomic mass is 16.5. The zero-order chi connectivity index (χ0) is 14.3. The molecule has 0 aromatic carbocycles. The number of unbranched alkanes of at least 4 members (excludes halogenated alkanes) is 1. The van der Waals surface area contributed by atoms with E-state index in [-0.39, 0.29) is 12.5 Å². The predicted molar refractivity (Wildman–Crippen MR) is 71.9 cm³/mol. The molecule has 5 nitrogen and oxygen atoms in total. The Balaban J connectivity index is 2.47. The van der Waals surface area contributed by atoms with Gasteiger partial charge >= 0.3 is 5.97 Å². The first-order valence-corrected chi connectivity index (χ1v) is 7.11. The van der Waals surface area contributed by atoms with E-state index in [1.807, 2.05) is 6.92 Å². The second kappa shape index (κ2) is 7.48. The van der Waals surface area contributed by atoms with Gasteiger partial charge in [0.05, 0.1) is 11.5 Å². The van der Waals surface area contributed by atoms with Crippen LogP contribution in [0.25, 0.3) is 0 Å². The van der Waals surface area contributed by atoms with Gasteiger partial charge in [-0.25, -0.2) is 0 Å². The molecule has 1 saturated carbocycles. The van der Waals surface area contributed by atoms with Crippen LogP contribution in [0.4, 0.5) is 0 Å². The van der Waals surface area contributed by atoms with Crippen molar-refractivity contribution in [2.75, 3.05) is 13.2 Å². The van der Waals surface area contributed by atoms with Crippen LogP contribution in [0.5, 0.6) is 0 Å². The predicted octanol–water partition coefficient (Wildman–Crippen LogP) is 1.95. The highest BCUT2D eigenvalue weighted by molar-refractivity contribution is 5.80. The number of carbonyl (C=O) groups excluding carboxylic acids is 1. The van der Waals surface area contributed by atoms with Crippen molar-refractivity contribution in [1.82, 2.24) is 5.32 Å². The minimum atomic E-state index is -0.825. The van der Waals surface area contributed by atoms with Crippen LogP contribution in [0.1, 0.15) is 52.4 Å². The van der Waals surface area contributed by atoms with Crippen LogP contribution in [0.15, 0.2) is 0 Å².